The summed E-state index contributed by atoms with van der Waals surface area (Å²) in [4.78, 5) is 14.2. The van der Waals surface area contributed by atoms with Crippen LogP contribution in [0.3, 0.4) is 0 Å². The third-order valence-electron chi connectivity index (χ3n) is 3.51. The highest BCUT2D eigenvalue weighted by atomic mass is 16.5. The summed E-state index contributed by atoms with van der Waals surface area (Å²) in [5.74, 6) is 1.18. The number of carbonyl (C=O) groups is 1. The van der Waals surface area contributed by atoms with Crippen LogP contribution in [0.25, 0.3) is 0 Å². The van der Waals surface area contributed by atoms with Crippen molar-refractivity contribution in [3.8, 4) is 5.75 Å². The number of nitrogens with zero attached hydrogens (tertiary/aromatic N) is 1. The summed E-state index contributed by atoms with van der Waals surface area (Å²) < 4.78 is 5.53. The Hall–Kier alpha value is -1.51. The molecule has 98 valence electrons. The molecule has 18 heavy (non-hydrogen) atoms. The number of amides is 1. The molecule has 1 aliphatic rings. The zero-order valence-electron chi connectivity index (χ0n) is 11.4. The van der Waals surface area contributed by atoms with Crippen molar-refractivity contribution in [2.24, 2.45) is 5.92 Å². The van der Waals surface area contributed by atoms with Crippen molar-refractivity contribution in [2.45, 2.75) is 33.6 Å². The predicted octanol–water partition coefficient (Wildman–Crippen LogP) is 3.02. The average molecular weight is 247 g/mol. The van der Waals surface area contributed by atoms with Crippen LogP contribution in [-0.4, -0.2) is 19.1 Å². The van der Waals surface area contributed by atoms with Gasteiger partial charge in [-0.25, -0.2) is 0 Å². The Balaban J connectivity index is 2.42. The molecule has 0 saturated carbocycles. The minimum absolute atomic E-state index is 0.105. The van der Waals surface area contributed by atoms with Gasteiger partial charge in [-0.05, 0) is 38.3 Å². The molecule has 1 atom stereocenters. The van der Waals surface area contributed by atoms with Gasteiger partial charge < -0.3 is 9.64 Å². The number of anilines is 1. The van der Waals surface area contributed by atoms with Gasteiger partial charge in [0, 0.05) is 18.5 Å². The maximum atomic E-state index is 12.3. The van der Waals surface area contributed by atoms with Gasteiger partial charge in [0.25, 0.3) is 0 Å². The Morgan fingerprint density at radius 1 is 1.39 bits per heavy atom. The summed E-state index contributed by atoms with van der Waals surface area (Å²) in [6.07, 6.45) is 1.89. The van der Waals surface area contributed by atoms with Gasteiger partial charge in [-0.3, -0.25) is 4.79 Å². The third kappa shape index (κ3) is 2.35. The van der Waals surface area contributed by atoms with E-state index in [0.29, 0.717) is 13.2 Å². The number of hydrogen-bond acceptors (Lipinski definition) is 2. The van der Waals surface area contributed by atoms with E-state index in [-0.39, 0.29) is 11.8 Å². The number of benzene rings is 1. The zero-order valence-corrected chi connectivity index (χ0v) is 11.4. The van der Waals surface area contributed by atoms with Gasteiger partial charge in [-0.1, -0.05) is 13.0 Å². The Bertz CT molecular complexity index is 442. The summed E-state index contributed by atoms with van der Waals surface area (Å²) in [6.45, 7) is 7.37. The largest absolute Gasteiger partial charge is 0.494 e. The fourth-order valence-electron chi connectivity index (χ4n) is 2.47. The third-order valence-corrected chi connectivity index (χ3v) is 3.51. The second-order valence-electron chi connectivity index (χ2n) is 4.75. The second-order valence-corrected chi connectivity index (χ2v) is 4.75. The van der Waals surface area contributed by atoms with E-state index in [1.807, 2.05) is 37.8 Å². The summed E-state index contributed by atoms with van der Waals surface area (Å²) >= 11 is 0. The summed E-state index contributed by atoms with van der Waals surface area (Å²) in [6, 6.07) is 6.09. The van der Waals surface area contributed by atoms with E-state index in [1.165, 1.54) is 5.56 Å². The summed E-state index contributed by atoms with van der Waals surface area (Å²) in [5, 5.41) is 0. The molecule has 1 aromatic carbocycles. The lowest BCUT2D eigenvalue weighted by Crippen LogP contribution is -2.34. The van der Waals surface area contributed by atoms with Crippen LogP contribution >= 0.6 is 0 Å². The van der Waals surface area contributed by atoms with Crippen molar-refractivity contribution < 1.29 is 9.53 Å². The van der Waals surface area contributed by atoms with E-state index in [1.54, 1.807) is 0 Å². The maximum absolute atomic E-state index is 12.3. The maximum Gasteiger partial charge on any atom is 0.229 e. The van der Waals surface area contributed by atoms with Crippen molar-refractivity contribution in [3.05, 3.63) is 23.8 Å². The summed E-state index contributed by atoms with van der Waals surface area (Å²) in [7, 11) is 0. The van der Waals surface area contributed by atoms with E-state index in [2.05, 4.69) is 6.07 Å². The molecular formula is C15H21NO2. The van der Waals surface area contributed by atoms with E-state index in [9.17, 15) is 4.79 Å². The predicted molar refractivity (Wildman–Crippen MR) is 73.1 cm³/mol. The van der Waals surface area contributed by atoms with Crippen LogP contribution in [0.5, 0.6) is 5.75 Å². The highest BCUT2D eigenvalue weighted by Gasteiger charge is 2.26. The molecule has 0 saturated heterocycles. The highest BCUT2D eigenvalue weighted by Crippen LogP contribution is 2.32. The number of hydrogen-bond donors (Lipinski definition) is 0. The number of aryl methyl sites for hydroxylation is 1. The van der Waals surface area contributed by atoms with Crippen molar-refractivity contribution in [1.82, 2.24) is 0 Å². The van der Waals surface area contributed by atoms with Gasteiger partial charge in [0.2, 0.25) is 5.91 Å². The molecule has 1 aliphatic heterocycles. The smallest absolute Gasteiger partial charge is 0.229 e. The van der Waals surface area contributed by atoms with E-state index in [4.69, 9.17) is 4.74 Å². The fraction of sp³-hybridized carbons (Fsp3) is 0.533. The molecule has 1 unspecified atom stereocenters. The minimum atomic E-state index is 0.105. The van der Waals surface area contributed by atoms with Crippen molar-refractivity contribution in [1.29, 1.82) is 0 Å². The summed E-state index contributed by atoms with van der Waals surface area (Å²) in [5.41, 5.74) is 2.27. The van der Waals surface area contributed by atoms with Crippen molar-refractivity contribution in [2.75, 3.05) is 18.1 Å². The van der Waals surface area contributed by atoms with Gasteiger partial charge in [-0.2, -0.15) is 0 Å². The van der Waals surface area contributed by atoms with E-state index >= 15 is 0 Å². The lowest BCUT2D eigenvalue weighted by molar-refractivity contribution is -0.121. The first-order valence-electron chi connectivity index (χ1n) is 6.74. The second kappa shape index (κ2) is 5.42. The standard InChI is InChI=1S/C15H21NO2/c1-4-16-14-10-13(18-5-2)9-8-12(14)7-6-11(3)15(16)17/h8-11H,4-7H2,1-3H3. The molecule has 0 aliphatic carbocycles. The molecule has 3 heteroatoms. The molecule has 2 rings (SSSR count). The van der Waals surface area contributed by atoms with Gasteiger partial charge in [0.1, 0.15) is 5.75 Å². The molecule has 1 amide bonds. The Kier molecular flexibility index (Phi) is 3.90. The normalized spacial score (nSPS) is 19.4. The van der Waals surface area contributed by atoms with Crippen molar-refractivity contribution >= 4 is 11.6 Å². The highest BCUT2D eigenvalue weighted by molar-refractivity contribution is 5.96. The van der Waals surface area contributed by atoms with Crippen LogP contribution in [0.2, 0.25) is 0 Å². The molecule has 0 radical (unpaired) electrons. The number of fused-ring (bicyclic) bond motifs is 1. The zero-order chi connectivity index (χ0) is 13.1. The van der Waals surface area contributed by atoms with Crippen LogP contribution in [-0.2, 0) is 11.2 Å². The fourth-order valence-corrected chi connectivity index (χ4v) is 2.47. The Labute approximate surface area is 109 Å². The van der Waals surface area contributed by atoms with Gasteiger partial charge in [0.15, 0.2) is 0 Å². The lowest BCUT2D eigenvalue weighted by atomic mass is 10.0. The van der Waals surface area contributed by atoms with Gasteiger partial charge in [-0.15, -0.1) is 0 Å². The monoisotopic (exact) mass is 247 g/mol. The first-order valence-corrected chi connectivity index (χ1v) is 6.74. The molecule has 0 bridgehead atoms. The van der Waals surface area contributed by atoms with Crippen LogP contribution in [0.4, 0.5) is 5.69 Å². The van der Waals surface area contributed by atoms with Crippen LogP contribution < -0.4 is 9.64 Å². The van der Waals surface area contributed by atoms with Crippen molar-refractivity contribution in [3.63, 3.8) is 0 Å². The quantitative estimate of drug-likeness (QED) is 0.821. The van der Waals surface area contributed by atoms with Crippen LogP contribution in [0.1, 0.15) is 32.8 Å². The molecule has 1 heterocycles. The molecule has 3 nitrogen and oxygen atoms in total. The molecule has 0 fully saturated rings. The van der Waals surface area contributed by atoms with Crippen LogP contribution in [0, 0.1) is 5.92 Å². The molecule has 0 N–H and O–H groups in total. The lowest BCUT2D eigenvalue weighted by Gasteiger charge is -2.23. The first kappa shape index (κ1) is 12.9. The van der Waals surface area contributed by atoms with E-state index in [0.717, 1.165) is 24.3 Å². The molecule has 0 aromatic heterocycles. The minimum Gasteiger partial charge on any atom is -0.494 e. The van der Waals surface area contributed by atoms with Crippen LogP contribution in [0.15, 0.2) is 18.2 Å². The topological polar surface area (TPSA) is 29.5 Å². The van der Waals surface area contributed by atoms with E-state index < -0.39 is 0 Å². The Morgan fingerprint density at radius 2 is 2.17 bits per heavy atom. The Morgan fingerprint density at radius 3 is 2.83 bits per heavy atom. The number of rotatable bonds is 3. The number of ether oxygens (including phenoxy) is 1. The van der Waals surface area contributed by atoms with Gasteiger partial charge in [0.05, 0.1) is 12.3 Å². The number of carbonyl (C=O) groups excluding carboxylic acids is 1. The average Bonchev–Trinajstić information content (AvgIpc) is 2.49. The first-order chi connectivity index (χ1) is 8.67. The molecular weight excluding hydrogens is 226 g/mol. The molecule has 0 spiro atoms. The molecule has 1 aromatic rings. The van der Waals surface area contributed by atoms with Gasteiger partial charge >= 0.3 is 0 Å². The SMILES string of the molecule is CCOc1ccc2c(c1)N(CC)C(=O)C(C)CC2.